The van der Waals surface area contributed by atoms with Gasteiger partial charge in [-0.1, -0.05) is 19.3 Å². The van der Waals surface area contributed by atoms with Gasteiger partial charge in [0.25, 0.3) is 0 Å². The van der Waals surface area contributed by atoms with E-state index in [-0.39, 0.29) is 31.2 Å². The molecule has 1 amide bonds. The normalized spacial score (nSPS) is 27.2. The molecule has 0 bridgehead atoms. The fraction of sp³-hybridized carbons (Fsp3) is 0.579. The lowest BCUT2D eigenvalue weighted by molar-refractivity contribution is -0.128. The Morgan fingerprint density at radius 1 is 1.32 bits per heavy atom. The maximum Gasteiger partial charge on any atom is 0.227 e. The number of nitrogens with zero attached hydrogens (tertiary/aromatic N) is 1. The second kappa shape index (κ2) is 6.41. The number of amides is 1. The van der Waals surface area contributed by atoms with Gasteiger partial charge in [-0.2, -0.15) is 0 Å². The van der Waals surface area contributed by atoms with Crippen molar-refractivity contribution in [3.8, 4) is 0 Å². The molecule has 6 heteroatoms. The van der Waals surface area contributed by atoms with Gasteiger partial charge in [0.1, 0.15) is 11.5 Å². The van der Waals surface area contributed by atoms with Crippen LogP contribution in [-0.4, -0.2) is 28.1 Å². The van der Waals surface area contributed by atoms with E-state index in [4.69, 9.17) is 10.7 Å². The molecule has 2 fully saturated rings. The number of alkyl halides is 1. The largest absolute Gasteiger partial charge is 0.342 e. The number of benzene rings is 1. The Bertz CT molecular complexity index is 775. The van der Waals surface area contributed by atoms with E-state index in [0.29, 0.717) is 5.92 Å². The second-order valence-electron chi connectivity index (χ2n) is 7.64. The molecule has 5 nitrogen and oxygen atoms in total. The molecule has 0 saturated heterocycles. The summed E-state index contributed by atoms with van der Waals surface area (Å²) in [5.74, 6) is 1.15. The average Bonchev–Trinajstić information content (AvgIpc) is 3.03. The maximum atomic E-state index is 13.9. The molecule has 0 unspecified atom stereocenters. The number of rotatable bonds is 4. The van der Waals surface area contributed by atoms with Gasteiger partial charge in [0.05, 0.1) is 11.0 Å². The van der Waals surface area contributed by atoms with Gasteiger partial charge in [-0.15, -0.1) is 0 Å². The van der Waals surface area contributed by atoms with E-state index in [0.717, 1.165) is 22.5 Å². The van der Waals surface area contributed by atoms with Gasteiger partial charge >= 0.3 is 0 Å². The van der Waals surface area contributed by atoms with Crippen molar-refractivity contribution in [2.45, 2.75) is 56.5 Å². The summed E-state index contributed by atoms with van der Waals surface area (Å²) in [6.07, 6.45) is 6.67. The standard InChI is InChI=1S/C19H25FN4O/c20-19(11-21)9-13(10-19)18(25)22-14-6-7-15-16(8-14)24-17(23-15)12-4-2-1-3-5-12/h6-8,12-13H,1-5,9-11,21H2,(H,22,25)(H,23,24). The highest BCUT2D eigenvalue weighted by Crippen LogP contribution is 2.41. The predicted octanol–water partition coefficient (Wildman–Crippen LogP) is 3.63. The maximum absolute atomic E-state index is 13.9. The molecule has 4 N–H and O–H groups in total. The molecule has 2 aliphatic carbocycles. The summed E-state index contributed by atoms with van der Waals surface area (Å²) < 4.78 is 13.9. The average molecular weight is 344 g/mol. The summed E-state index contributed by atoms with van der Waals surface area (Å²) in [7, 11) is 0. The van der Waals surface area contributed by atoms with Crippen LogP contribution in [0.3, 0.4) is 0 Å². The molecular formula is C19H25FN4O. The summed E-state index contributed by atoms with van der Waals surface area (Å²) in [5.41, 5.74) is 6.62. The molecule has 0 spiro atoms. The molecule has 2 saturated carbocycles. The number of nitrogens with two attached hydrogens (primary N) is 1. The number of nitrogens with one attached hydrogen (secondary N) is 2. The Morgan fingerprint density at radius 2 is 2.08 bits per heavy atom. The molecule has 2 aromatic rings. The molecular weight excluding hydrogens is 319 g/mol. The van der Waals surface area contributed by atoms with E-state index < -0.39 is 5.67 Å². The minimum Gasteiger partial charge on any atom is -0.342 e. The number of hydrogen-bond acceptors (Lipinski definition) is 3. The molecule has 1 heterocycles. The zero-order valence-corrected chi connectivity index (χ0v) is 14.4. The molecule has 0 aliphatic heterocycles. The van der Waals surface area contributed by atoms with Crippen molar-refractivity contribution >= 4 is 22.6 Å². The molecule has 1 aromatic heterocycles. The first-order chi connectivity index (χ1) is 12.1. The third-order valence-electron chi connectivity index (χ3n) is 5.72. The number of aromatic nitrogens is 2. The lowest BCUT2D eigenvalue weighted by Crippen LogP contribution is -2.49. The first-order valence-corrected chi connectivity index (χ1v) is 9.26. The van der Waals surface area contributed by atoms with Crippen LogP contribution in [0.1, 0.15) is 56.7 Å². The highest BCUT2D eigenvalue weighted by Gasteiger charge is 2.47. The number of aromatic amines is 1. The predicted molar refractivity (Wildman–Crippen MR) is 96.2 cm³/mol. The van der Waals surface area contributed by atoms with Gasteiger partial charge in [0.15, 0.2) is 0 Å². The first-order valence-electron chi connectivity index (χ1n) is 9.26. The Kier molecular flexibility index (Phi) is 4.23. The van der Waals surface area contributed by atoms with Gasteiger partial charge in [-0.25, -0.2) is 9.37 Å². The van der Waals surface area contributed by atoms with Crippen LogP contribution in [0.15, 0.2) is 18.2 Å². The highest BCUT2D eigenvalue weighted by atomic mass is 19.1. The van der Waals surface area contributed by atoms with E-state index in [1.54, 1.807) is 0 Å². The van der Waals surface area contributed by atoms with E-state index in [2.05, 4.69) is 10.3 Å². The number of carbonyl (C=O) groups excluding carboxylic acids is 1. The summed E-state index contributed by atoms with van der Waals surface area (Å²) in [6.45, 7) is -0.0131. The van der Waals surface area contributed by atoms with E-state index >= 15 is 0 Å². The lowest BCUT2D eigenvalue weighted by Gasteiger charge is -2.39. The Labute approximate surface area is 146 Å². The molecule has 134 valence electrons. The van der Waals surface area contributed by atoms with Crippen molar-refractivity contribution in [1.82, 2.24) is 9.97 Å². The number of hydrogen-bond donors (Lipinski definition) is 3. The molecule has 0 atom stereocenters. The number of halogens is 1. The van der Waals surface area contributed by atoms with Crippen molar-refractivity contribution < 1.29 is 9.18 Å². The molecule has 25 heavy (non-hydrogen) atoms. The summed E-state index contributed by atoms with van der Waals surface area (Å²) in [5, 5.41) is 2.89. The van der Waals surface area contributed by atoms with Gasteiger partial charge in [-0.3, -0.25) is 4.79 Å². The third-order valence-corrected chi connectivity index (χ3v) is 5.72. The molecule has 4 rings (SSSR count). The van der Waals surface area contributed by atoms with Gasteiger partial charge in [0, 0.05) is 24.1 Å². The zero-order valence-electron chi connectivity index (χ0n) is 14.4. The van der Waals surface area contributed by atoms with Crippen LogP contribution in [0.4, 0.5) is 10.1 Å². The third kappa shape index (κ3) is 3.27. The van der Waals surface area contributed by atoms with E-state index in [1.807, 2.05) is 18.2 Å². The van der Waals surface area contributed by atoms with Gasteiger partial charge in [0.2, 0.25) is 5.91 Å². The smallest absolute Gasteiger partial charge is 0.227 e. The van der Waals surface area contributed by atoms with Crippen molar-refractivity contribution in [2.75, 3.05) is 11.9 Å². The summed E-state index contributed by atoms with van der Waals surface area (Å²) in [4.78, 5) is 20.4. The number of fused-ring (bicyclic) bond motifs is 1. The number of H-pyrrole nitrogens is 1. The quantitative estimate of drug-likeness (QED) is 0.792. The SMILES string of the molecule is NCC1(F)CC(C(=O)Nc2ccc3nc(C4CCCCC4)[nH]c3c2)C1. The van der Waals surface area contributed by atoms with Crippen LogP contribution in [0.5, 0.6) is 0 Å². The van der Waals surface area contributed by atoms with Gasteiger partial charge < -0.3 is 16.0 Å². The topological polar surface area (TPSA) is 83.8 Å². The molecule has 0 radical (unpaired) electrons. The second-order valence-corrected chi connectivity index (χ2v) is 7.64. The fourth-order valence-corrected chi connectivity index (χ4v) is 4.10. The summed E-state index contributed by atoms with van der Waals surface area (Å²) in [6, 6.07) is 5.70. The fourth-order valence-electron chi connectivity index (χ4n) is 4.10. The van der Waals surface area contributed by atoms with Crippen molar-refractivity contribution in [3.63, 3.8) is 0 Å². The number of anilines is 1. The van der Waals surface area contributed by atoms with E-state index in [1.165, 1.54) is 32.1 Å². The van der Waals surface area contributed by atoms with Crippen LogP contribution in [0, 0.1) is 5.92 Å². The van der Waals surface area contributed by atoms with Gasteiger partial charge in [-0.05, 0) is 43.9 Å². The minimum absolute atomic E-state index is 0.0131. The molecule has 1 aromatic carbocycles. The minimum atomic E-state index is -1.36. The van der Waals surface area contributed by atoms with Crippen LogP contribution < -0.4 is 11.1 Å². The van der Waals surface area contributed by atoms with Crippen LogP contribution in [0.2, 0.25) is 0 Å². The highest BCUT2D eigenvalue weighted by molar-refractivity contribution is 5.95. The van der Waals surface area contributed by atoms with Crippen LogP contribution >= 0.6 is 0 Å². The van der Waals surface area contributed by atoms with Crippen molar-refractivity contribution in [3.05, 3.63) is 24.0 Å². The zero-order chi connectivity index (χ0) is 17.4. The lowest BCUT2D eigenvalue weighted by atomic mass is 9.72. The molecule has 2 aliphatic rings. The Hall–Kier alpha value is -1.95. The van der Waals surface area contributed by atoms with Crippen LogP contribution in [0.25, 0.3) is 11.0 Å². The number of carbonyl (C=O) groups is 1. The van der Waals surface area contributed by atoms with Crippen molar-refractivity contribution in [2.24, 2.45) is 11.7 Å². The Balaban J connectivity index is 1.45. The van der Waals surface area contributed by atoms with Crippen LogP contribution in [-0.2, 0) is 4.79 Å². The number of imidazole rings is 1. The Morgan fingerprint density at radius 3 is 2.80 bits per heavy atom. The first kappa shape index (κ1) is 16.5. The van der Waals surface area contributed by atoms with E-state index in [9.17, 15) is 9.18 Å². The monoisotopic (exact) mass is 344 g/mol. The summed E-state index contributed by atoms with van der Waals surface area (Å²) >= 11 is 0. The van der Waals surface area contributed by atoms with Crippen molar-refractivity contribution in [1.29, 1.82) is 0 Å².